The van der Waals surface area contributed by atoms with Crippen LogP contribution in [0, 0.1) is 5.92 Å². The third kappa shape index (κ3) is 1.94. The third-order valence-electron chi connectivity index (χ3n) is 2.90. The molecule has 0 aliphatic carbocycles. The summed E-state index contributed by atoms with van der Waals surface area (Å²) in [5, 5.41) is 3.30. The van der Waals surface area contributed by atoms with Crippen LogP contribution in [0.2, 0.25) is 0 Å². The Balaban J connectivity index is 1.83. The molecule has 0 saturated carbocycles. The first-order valence-corrected chi connectivity index (χ1v) is 5.13. The average Bonchev–Trinajstić information content (AvgIpc) is 2.71. The number of piperidine rings is 1. The molecule has 1 fully saturated rings. The predicted octanol–water partition coefficient (Wildman–Crippen LogP) is -0.384. The molecule has 0 amide bonds. The maximum absolute atomic E-state index is 5.64. The number of rotatable bonds is 1. The van der Waals surface area contributed by atoms with E-state index in [-0.39, 0.29) is 0 Å². The van der Waals surface area contributed by atoms with Crippen LogP contribution in [0.5, 0.6) is 0 Å². The van der Waals surface area contributed by atoms with Crippen molar-refractivity contribution in [2.75, 3.05) is 32.7 Å². The SMILES string of the molecule is NCC1CCN(C2=NCCN2)CC1. The summed E-state index contributed by atoms with van der Waals surface area (Å²) >= 11 is 0. The molecule has 3 N–H and O–H groups in total. The lowest BCUT2D eigenvalue weighted by atomic mass is 9.97. The van der Waals surface area contributed by atoms with Crippen LogP contribution in [0.1, 0.15) is 12.8 Å². The molecule has 74 valence electrons. The molecule has 13 heavy (non-hydrogen) atoms. The molecule has 0 aromatic carbocycles. The average molecular weight is 182 g/mol. The summed E-state index contributed by atoms with van der Waals surface area (Å²) in [5.74, 6) is 1.84. The summed E-state index contributed by atoms with van der Waals surface area (Å²) in [5.41, 5.74) is 5.64. The van der Waals surface area contributed by atoms with Crippen molar-refractivity contribution in [3.05, 3.63) is 0 Å². The number of likely N-dealkylation sites (tertiary alicyclic amines) is 1. The zero-order valence-electron chi connectivity index (χ0n) is 8.00. The highest BCUT2D eigenvalue weighted by atomic mass is 15.3. The topological polar surface area (TPSA) is 53.6 Å². The smallest absolute Gasteiger partial charge is 0.194 e. The summed E-state index contributed by atoms with van der Waals surface area (Å²) in [6.45, 7) is 5.02. The van der Waals surface area contributed by atoms with E-state index < -0.39 is 0 Å². The van der Waals surface area contributed by atoms with E-state index in [4.69, 9.17) is 5.73 Å². The van der Waals surface area contributed by atoms with Gasteiger partial charge in [0.15, 0.2) is 5.96 Å². The second kappa shape index (κ2) is 3.96. The van der Waals surface area contributed by atoms with Crippen LogP contribution in [0.4, 0.5) is 0 Å². The summed E-state index contributed by atoms with van der Waals surface area (Å²) in [6.07, 6.45) is 2.44. The number of hydrogen-bond donors (Lipinski definition) is 2. The van der Waals surface area contributed by atoms with Crippen LogP contribution < -0.4 is 11.1 Å². The van der Waals surface area contributed by atoms with Gasteiger partial charge in [-0.2, -0.15) is 0 Å². The summed E-state index contributed by atoms with van der Waals surface area (Å²) in [4.78, 5) is 6.76. The van der Waals surface area contributed by atoms with Crippen LogP contribution in [-0.4, -0.2) is 43.6 Å². The van der Waals surface area contributed by atoms with E-state index in [0.29, 0.717) is 0 Å². The molecule has 0 unspecified atom stereocenters. The molecule has 0 atom stereocenters. The van der Waals surface area contributed by atoms with Crippen molar-refractivity contribution in [1.29, 1.82) is 0 Å². The van der Waals surface area contributed by atoms with Gasteiger partial charge in [-0.3, -0.25) is 4.99 Å². The van der Waals surface area contributed by atoms with Crippen molar-refractivity contribution in [1.82, 2.24) is 10.2 Å². The first-order chi connectivity index (χ1) is 6.40. The largest absolute Gasteiger partial charge is 0.354 e. The van der Waals surface area contributed by atoms with Crippen LogP contribution >= 0.6 is 0 Å². The van der Waals surface area contributed by atoms with Gasteiger partial charge in [0, 0.05) is 19.6 Å². The molecule has 4 heteroatoms. The highest BCUT2D eigenvalue weighted by molar-refractivity contribution is 5.81. The van der Waals surface area contributed by atoms with E-state index in [1.807, 2.05) is 0 Å². The van der Waals surface area contributed by atoms with Crippen molar-refractivity contribution in [2.24, 2.45) is 16.6 Å². The van der Waals surface area contributed by atoms with Gasteiger partial charge in [0.25, 0.3) is 0 Å². The molecule has 0 radical (unpaired) electrons. The van der Waals surface area contributed by atoms with Crippen LogP contribution in [0.25, 0.3) is 0 Å². The maximum atomic E-state index is 5.64. The Kier molecular flexibility index (Phi) is 2.68. The molecular weight excluding hydrogens is 164 g/mol. The Morgan fingerprint density at radius 3 is 2.77 bits per heavy atom. The highest BCUT2D eigenvalue weighted by Gasteiger charge is 2.21. The van der Waals surface area contributed by atoms with Gasteiger partial charge in [-0.15, -0.1) is 0 Å². The van der Waals surface area contributed by atoms with Crippen molar-refractivity contribution in [3.8, 4) is 0 Å². The lowest BCUT2D eigenvalue weighted by Gasteiger charge is -2.32. The second-order valence-corrected chi connectivity index (χ2v) is 3.80. The Labute approximate surface area is 79.2 Å². The lowest BCUT2D eigenvalue weighted by Crippen LogP contribution is -2.44. The maximum Gasteiger partial charge on any atom is 0.194 e. The molecular formula is C9H18N4. The quantitative estimate of drug-likeness (QED) is 0.581. The van der Waals surface area contributed by atoms with Crippen molar-refractivity contribution in [3.63, 3.8) is 0 Å². The van der Waals surface area contributed by atoms with Gasteiger partial charge < -0.3 is 16.0 Å². The Hall–Kier alpha value is -0.770. The van der Waals surface area contributed by atoms with Gasteiger partial charge in [0.2, 0.25) is 0 Å². The zero-order chi connectivity index (χ0) is 9.10. The number of guanidine groups is 1. The van der Waals surface area contributed by atoms with E-state index in [0.717, 1.165) is 44.6 Å². The van der Waals surface area contributed by atoms with Crippen LogP contribution in [0.3, 0.4) is 0 Å². The van der Waals surface area contributed by atoms with Crippen molar-refractivity contribution >= 4 is 5.96 Å². The third-order valence-corrected chi connectivity index (χ3v) is 2.90. The van der Waals surface area contributed by atoms with Gasteiger partial charge >= 0.3 is 0 Å². The number of aliphatic imine (C=N–C) groups is 1. The fourth-order valence-corrected chi connectivity index (χ4v) is 1.98. The van der Waals surface area contributed by atoms with Crippen LogP contribution in [0.15, 0.2) is 4.99 Å². The second-order valence-electron chi connectivity index (χ2n) is 3.80. The molecule has 0 spiro atoms. The van der Waals surface area contributed by atoms with E-state index in [1.165, 1.54) is 12.8 Å². The Morgan fingerprint density at radius 2 is 2.23 bits per heavy atom. The number of nitrogens with two attached hydrogens (primary N) is 1. The molecule has 2 heterocycles. The van der Waals surface area contributed by atoms with Crippen molar-refractivity contribution in [2.45, 2.75) is 12.8 Å². The standard InChI is InChI=1S/C9H18N4/c10-7-8-1-5-13(6-2-8)9-11-3-4-12-9/h8H,1-7,10H2,(H,11,12). The predicted molar refractivity (Wildman–Crippen MR) is 53.7 cm³/mol. The summed E-state index contributed by atoms with van der Waals surface area (Å²) < 4.78 is 0. The van der Waals surface area contributed by atoms with E-state index in [1.54, 1.807) is 0 Å². The monoisotopic (exact) mass is 182 g/mol. The minimum Gasteiger partial charge on any atom is -0.354 e. The fraction of sp³-hybridized carbons (Fsp3) is 0.889. The number of nitrogens with one attached hydrogen (secondary N) is 1. The molecule has 0 aromatic rings. The Morgan fingerprint density at radius 1 is 1.46 bits per heavy atom. The van der Waals surface area contributed by atoms with Gasteiger partial charge in [-0.1, -0.05) is 0 Å². The number of nitrogens with zero attached hydrogens (tertiary/aromatic N) is 2. The zero-order valence-corrected chi connectivity index (χ0v) is 8.00. The van der Waals surface area contributed by atoms with E-state index in [9.17, 15) is 0 Å². The van der Waals surface area contributed by atoms with Gasteiger partial charge in [0.1, 0.15) is 0 Å². The highest BCUT2D eigenvalue weighted by Crippen LogP contribution is 2.16. The van der Waals surface area contributed by atoms with Gasteiger partial charge in [-0.05, 0) is 25.3 Å². The normalized spacial score (nSPS) is 24.4. The molecule has 0 aromatic heterocycles. The summed E-state index contributed by atoms with van der Waals surface area (Å²) in [7, 11) is 0. The summed E-state index contributed by atoms with van der Waals surface area (Å²) in [6, 6.07) is 0. The molecule has 2 rings (SSSR count). The lowest BCUT2D eigenvalue weighted by molar-refractivity contribution is 0.266. The van der Waals surface area contributed by atoms with Crippen molar-refractivity contribution < 1.29 is 0 Å². The molecule has 0 bridgehead atoms. The first kappa shape index (κ1) is 8.81. The van der Waals surface area contributed by atoms with Gasteiger partial charge in [0.05, 0.1) is 6.54 Å². The molecule has 1 saturated heterocycles. The molecule has 2 aliphatic heterocycles. The Bertz CT molecular complexity index is 194. The van der Waals surface area contributed by atoms with E-state index in [2.05, 4.69) is 15.2 Å². The minimum atomic E-state index is 0.734. The van der Waals surface area contributed by atoms with Gasteiger partial charge in [-0.25, -0.2) is 0 Å². The number of hydrogen-bond acceptors (Lipinski definition) is 4. The molecule has 2 aliphatic rings. The molecule has 4 nitrogen and oxygen atoms in total. The fourth-order valence-electron chi connectivity index (χ4n) is 1.98. The van der Waals surface area contributed by atoms with E-state index >= 15 is 0 Å². The van der Waals surface area contributed by atoms with Crippen LogP contribution in [-0.2, 0) is 0 Å². The first-order valence-electron chi connectivity index (χ1n) is 5.13. The minimum absolute atomic E-state index is 0.734.